The first-order valence-electron chi connectivity index (χ1n) is 14.0. The number of urea groups is 1. The first-order chi connectivity index (χ1) is 19.4. The van der Waals surface area contributed by atoms with Gasteiger partial charge in [0, 0.05) is 56.3 Å². The highest BCUT2D eigenvalue weighted by molar-refractivity contribution is 5.92. The second kappa shape index (κ2) is 11.2. The predicted molar refractivity (Wildman–Crippen MR) is 149 cm³/mol. The highest BCUT2D eigenvalue weighted by Crippen LogP contribution is 2.28. The van der Waals surface area contributed by atoms with E-state index in [1.54, 1.807) is 11.3 Å². The molecule has 0 bridgehead atoms. The van der Waals surface area contributed by atoms with Gasteiger partial charge in [-0.05, 0) is 61.4 Å². The fourth-order valence-corrected chi connectivity index (χ4v) is 6.07. The van der Waals surface area contributed by atoms with Crippen LogP contribution >= 0.6 is 0 Å². The molecule has 0 spiro atoms. The van der Waals surface area contributed by atoms with Gasteiger partial charge in [-0.1, -0.05) is 24.3 Å². The van der Waals surface area contributed by atoms with Gasteiger partial charge in [0.1, 0.15) is 6.04 Å². The van der Waals surface area contributed by atoms with Gasteiger partial charge < -0.3 is 25.3 Å². The molecule has 11 nitrogen and oxygen atoms in total. The normalized spacial score (nSPS) is 18.9. The topological polar surface area (TPSA) is 123 Å². The second-order valence-electron chi connectivity index (χ2n) is 10.9. The summed E-state index contributed by atoms with van der Waals surface area (Å²) < 4.78 is 0. The molecule has 2 saturated heterocycles. The van der Waals surface area contributed by atoms with Crippen molar-refractivity contribution < 1.29 is 19.2 Å². The summed E-state index contributed by atoms with van der Waals surface area (Å²) in [6, 6.07) is 11.1. The Morgan fingerprint density at radius 3 is 2.70 bits per heavy atom. The van der Waals surface area contributed by atoms with Gasteiger partial charge >= 0.3 is 12.1 Å². The summed E-state index contributed by atoms with van der Waals surface area (Å²) in [5.41, 5.74) is 4.91. The van der Waals surface area contributed by atoms with Crippen LogP contribution in [0.15, 0.2) is 42.6 Å². The van der Waals surface area contributed by atoms with Gasteiger partial charge in [0.2, 0.25) is 5.91 Å². The fourth-order valence-electron chi connectivity index (χ4n) is 6.07. The lowest BCUT2D eigenvalue weighted by molar-refractivity contribution is -0.135. The average molecular weight is 546 g/mol. The van der Waals surface area contributed by atoms with Gasteiger partial charge in [-0.15, -0.1) is 5.06 Å². The Labute approximate surface area is 232 Å². The molecule has 4 amide bonds. The van der Waals surface area contributed by atoms with Gasteiger partial charge in [-0.2, -0.15) is 5.10 Å². The number of benzene rings is 2. The number of carbonyl (C=O) groups excluding carboxylic acids is 3. The molecule has 210 valence electrons. The van der Waals surface area contributed by atoms with Crippen LogP contribution in [-0.4, -0.2) is 81.4 Å². The van der Waals surface area contributed by atoms with Crippen molar-refractivity contribution in [3.8, 4) is 0 Å². The van der Waals surface area contributed by atoms with E-state index in [4.69, 9.17) is 4.84 Å². The number of fused-ring (bicyclic) bond motifs is 2. The molecule has 40 heavy (non-hydrogen) atoms. The molecule has 2 aromatic carbocycles. The molecule has 0 aliphatic carbocycles. The number of aromatic nitrogens is 2. The Bertz CT molecular complexity index is 1410. The van der Waals surface area contributed by atoms with E-state index in [1.807, 2.05) is 53.1 Å². The third kappa shape index (κ3) is 5.46. The summed E-state index contributed by atoms with van der Waals surface area (Å²) in [5, 5.41) is 15.5. The predicted octanol–water partition coefficient (Wildman–Crippen LogP) is 3.56. The minimum atomic E-state index is -0.732. The van der Waals surface area contributed by atoms with E-state index in [2.05, 4.69) is 20.8 Å². The Morgan fingerprint density at radius 2 is 1.90 bits per heavy atom. The lowest BCUT2D eigenvalue weighted by Crippen LogP contribution is -2.52. The highest BCUT2D eigenvalue weighted by atomic mass is 16.7. The maximum atomic E-state index is 13.4. The van der Waals surface area contributed by atoms with Crippen LogP contribution in [-0.2, 0) is 22.6 Å². The Kier molecular flexibility index (Phi) is 7.29. The third-order valence-electron chi connectivity index (χ3n) is 8.19. The van der Waals surface area contributed by atoms with E-state index >= 15 is 0 Å². The maximum absolute atomic E-state index is 13.4. The molecule has 3 aliphatic heterocycles. The minimum absolute atomic E-state index is 0.0573. The summed E-state index contributed by atoms with van der Waals surface area (Å²) in [4.78, 5) is 48.4. The maximum Gasteiger partial charge on any atom is 0.426 e. The van der Waals surface area contributed by atoms with Crippen LogP contribution in [0.4, 0.5) is 15.3 Å². The molecule has 2 fully saturated rings. The largest absolute Gasteiger partial charge is 0.426 e. The van der Waals surface area contributed by atoms with E-state index in [-0.39, 0.29) is 18.0 Å². The Morgan fingerprint density at radius 1 is 1.12 bits per heavy atom. The van der Waals surface area contributed by atoms with Crippen molar-refractivity contribution in [2.75, 3.05) is 31.5 Å². The van der Waals surface area contributed by atoms with Gasteiger partial charge in [0.05, 0.1) is 11.7 Å². The fraction of sp³-hybridized carbons (Fsp3) is 0.448. The molecule has 6 rings (SSSR count). The molecular weight excluding hydrogens is 510 g/mol. The van der Waals surface area contributed by atoms with Crippen LogP contribution in [0.1, 0.15) is 42.4 Å². The number of likely N-dealkylation sites (tertiary alicyclic amines) is 1. The van der Waals surface area contributed by atoms with Gasteiger partial charge in [-0.25, -0.2) is 9.59 Å². The summed E-state index contributed by atoms with van der Waals surface area (Å²) in [5.74, 6) is -0.0884. The van der Waals surface area contributed by atoms with Gasteiger partial charge in [0.25, 0.3) is 0 Å². The van der Waals surface area contributed by atoms with Crippen LogP contribution in [0.3, 0.4) is 0 Å². The van der Waals surface area contributed by atoms with E-state index in [1.165, 1.54) is 0 Å². The Balaban J connectivity index is 1.07. The number of H-pyrrole nitrogens is 1. The van der Waals surface area contributed by atoms with Crippen LogP contribution in [0.5, 0.6) is 0 Å². The first-order valence-corrected chi connectivity index (χ1v) is 14.0. The van der Waals surface area contributed by atoms with Crippen LogP contribution in [0.25, 0.3) is 10.9 Å². The van der Waals surface area contributed by atoms with Crippen molar-refractivity contribution in [2.24, 2.45) is 0 Å². The number of carbonyl (C=O) groups is 3. The number of rotatable bonds is 6. The van der Waals surface area contributed by atoms with Gasteiger partial charge in [-0.3, -0.25) is 9.89 Å². The molecule has 0 saturated carbocycles. The smallest absolute Gasteiger partial charge is 0.351 e. The average Bonchev–Trinajstić information content (AvgIpc) is 3.65. The number of anilines is 1. The molecular formula is C29H35N7O4. The minimum Gasteiger partial charge on any atom is -0.351 e. The quantitative estimate of drug-likeness (QED) is 0.435. The molecule has 1 aromatic heterocycles. The highest BCUT2D eigenvalue weighted by Gasteiger charge is 2.33. The van der Waals surface area contributed by atoms with E-state index in [9.17, 15) is 14.4 Å². The number of nitrogens with zero attached hydrogens (tertiary/aromatic N) is 4. The number of hydrogen-bond acceptors (Lipinski definition) is 6. The number of hydrogen-bond donors (Lipinski definition) is 3. The summed E-state index contributed by atoms with van der Waals surface area (Å²) in [6.07, 6.45) is 4.80. The number of piperidine rings is 1. The summed E-state index contributed by atoms with van der Waals surface area (Å²) in [7, 11) is 0. The molecule has 1 unspecified atom stereocenters. The summed E-state index contributed by atoms with van der Waals surface area (Å²) in [6.45, 7) is 4.98. The zero-order valence-corrected chi connectivity index (χ0v) is 22.7. The van der Waals surface area contributed by atoms with Crippen LogP contribution in [0.2, 0.25) is 0 Å². The van der Waals surface area contributed by atoms with Crippen molar-refractivity contribution in [2.45, 2.75) is 57.7 Å². The van der Waals surface area contributed by atoms with Crippen molar-refractivity contribution >= 4 is 34.6 Å². The zero-order valence-electron chi connectivity index (χ0n) is 22.7. The SMILES string of the molecule is Cc1cc(CC(NC(=O)ON2CCC(N3Cc4ccccc4NC3=O)CC2)C(=O)N2CCCC2)cc2cn[nH]c12. The monoisotopic (exact) mass is 545 g/mol. The van der Waals surface area contributed by atoms with Crippen molar-refractivity contribution in [1.29, 1.82) is 0 Å². The Hall–Kier alpha value is -4.12. The lowest BCUT2D eigenvalue weighted by Gasteiger charge is -2.39. The van der Waals surface area contributed by atoms with Crippen molar-refractivity contribution in [3.05, 3.63) is 59.3 Å². The standard InChI is InChI=1S/C29H35N7O4/c1-19-14-20(15-22-17-30-33-26(19)22)16-25(27(37)34-10-4-5-11-34)32-29(39)40-35-12-8-23(9-13-35)36-18-21-6-2-3-7-24(21)31-28(36)38/h2-3,6-7,14-15,17,23,25H,4-5,8-13,16,18H2,1H3,(H,30,33)(H,31,38)(H,32,39). The molecule has 3 aromatic rings. The number of para-hydroxylation sites is 1. The van der Waals surface area contributed by atoms with Crippen molar-refractivity contribution in [3.63, 3.8) is 0 Å². The molecule has 3 aliphatic rings. The number of aryl methyl sites for hydroxylation is 1. The zero-order chi connectivity index (χ0) is 27.6. The number of nitrogens with one attached hydrogen (secondary N) is 3. The van der Waals surface area contributed by atoms with Crippen molar-refractivity contribution in [1.82, 2.24) is 30.4 Å². The van der Waals surface area contributed by atoms with Crippen LogP contribution in [0, 0.1) is 6.92 Å². The second-order valence-corrected chi connectivity index (χ2v) is 10.9. The first kappa shape index (κ1) is 26.1. The molecule has 1 atom stereocenters. The van der Waals surface area contributed by atoms with E-state index in [0.29, 0.717) is 52.0 Å². The van der Waals surface area contributed by atoms with E-state index in [0.717, 1.165) is 46.1 Å². The molecule has 3 N–H and O–H groups in total. The number of hydroxylamine groups is 2. The van der Waals surface area contributed by atoms with E-state index < -0.39 is 12.1 Å². The van der Waals surface area contributed by atoms with Crippen LogP contribution < -0.4 is 10.6 Å². The number of amides is 4. The molecule has 4 heterocycles. The van der Waals surface area contributed by atoms with Gasteiger partial charge in [0.15, 0.2) is 0 Å². The lowest BCUT2D eigenvalue weighted by atomic mass is 10.0. The number of aromatic amines is 1. The molecule has 0 radical (unpaired) electrons. The third-order valence-corrected chi connectivity index (χ3v) is 8.19. The summed E-state index contributed by atoms with van der Waals surface area (Å²) >= 11 is 0. The molecule has 11 heteroatoms.